The molecule has 2 rings (SSSR count). The van der Waals surface area contributed by atoms with Crippen molar-refractivity contribution in [3.05, 3.63) is 35.9 Å². The predicted octanol–water partition coefficient (Wildman–Crippen LogP) is 2.61. The van der Waals surface area contributed by atoms with Crippen LogP contribution in [0.15, 0.2) is 30.3 Å². The molecule has 2 aromatic rings. The van der Waals surface area contributed by atoms with Crippen molar-refractivity contribution in [1.29, 1.82) is 0 Å². The van der Waals surface area contributed by atoms with Crippen LogP contribution in [0.2, 0.25) is 0 Å². The van der Waals surface area contributed by atoms with Gasteiger partial charge in [-0.25, -0.2) is 14.6 Å². The Balaban J connectivity index is 0.000000473. The van der Waals surface area contributed by atoms with Gasteiger partial charge in [-0.2, -0.15) is 26.3 Å². The van der Waals surface area contributed by atoms with Crippen molar-refractivity contribution in [2.75, 3.05) is 7.11 Å². The van der Waals surface area contributed by atoms with Crippen molar-refractivity contribution in [3.8, 4) is 5.88 Å². The molecule has 0 bridgehead atoms. The summed E-state index contributed by atoms with van der Waals surface area (Å²) in [6.45, 7) is 0. The number of alkyl halides is 6. The maximum Gasteiger partial charge on any atom is 0.490 e. The Morgan fingerprint density at radius 1 is 0.966 bits per heavy atom. The number of fused-ring (bicyclic) bond motifs is 1. The fourth-order valence-electron chi connectivity index (χ4n) is 1.43. The molecule has 1 heterocycles. The molecule has 0 spiro atoms. The second-order valence-corrected chi connectivity index (χ2v) is 4.71. The molecule has 14 heteroatoms. The Morgan fingerprint density at radius 2 is 1.38 bits per heavy atom. The number of para-hydroxylation sites is 1. The zero-order chi connectivity index (χ0) is 23.0. The highest BCUT2D eigenvalue weighted by Crippen LogP contribution is 2.21. The van der Waals surface area contributed by atoms with Crippen LogP contribution in [0.3, 0.4) is 0 Å². The minimum atomic E-state index is -5.08. The van der Waals surface area contributed by atoms with Gasteiger partial charge in [0, 0.05) is 5.39 Å². The minimum Gasteiger partial charge on any atom is -0.480 e. The van der Waals surface area contributed by atoms with Crippen molar-refractivity contribution in [2.24, 2.45) is 5.73 Å². The lowest BCUT2D eigenvalue weighted by molar-refractivity contribution is -0.193. The zero-order valence-corrected chi connectivity index (χ0v) is 14.2. The van der Waals surface area contributed by atoms with E-state index >= 15 is 0 Å². The van der Waals surface area contributed by atoms with E-state index in [4.69, 9.17) is 30.3 Å². The first-order chi connectivity index (χ1) is 13.1. The van der Waals surface area contributed by atoms with E-state index in [0.29, 0.717) is 5.56 Å². The third-order valence-corrected chi connectivity index (χ3v) is 2.63. The number of halogens is 6. The fourth-order valence-corrected chi connectivity index (χ4v) is 1.43. The van der Waals surface area contributed by atoms with Crippen LogP contribution in [0.1, 0.15) is 10.4 Å². The predicted molar refractivity (Wildman–Crippen MR) is 84.2 cm³/mol. The summed E-state index contributed by atoms with van der Waals surface area (Å²) in [6, 6.07) is 9.15. The number of hydrogen-bond donors (Lipinski definition) is 3. The average Bonchev–Trinajstić information content (AvgIpc) is 2.59. The summed E-state index contributed by atoms with van der Waals surface area (Å²) >= 11 is 0. The first-order valence-corrected chi connectivity index (χ1v) is 6.95. The van der Waals surface area contributed by atoms with Crippen LogP contribution in [-0.2, 0) is 9.59 Å². The lowest BCUT2D eigenvalue weighted by Crippen LogP contribution is -2.21. The molecule has 29 heavy (non-hydrogen) atoms. The standard InChI is InChI=1S/C11H10N2O2.2C2HF3O2/c1-15-11-8(10(12)14)6-7-4-2-3-5-9(7)13-11;2*3-2(4,5)1(6)7/h2-6H,1H3,(H2,12,14);2*(H,6,7). The number of nitrogens with zero attached hydrogens (tertiary/aromatic N) is 1. The molecule has 0 saturated heterocycles. The Labute approximate surface area is 157 Å². The maximum atomic E-state index is 11.1. The smallest absolute Gasteiger partial charge is 0.480 e. The summed E-state index contributed by atoms with van der Waals surface area (Å²) < 4.78 is 68.5. The lowest BCUT2D eigenvalue weighted by atomic mass is 10.1. The van der Waals surface area contributed by atoms with Gasteiger partial charge in [-0.15, -0.1) is 0 Å². The van der Waals surface area contributed by atoms with Gasteiger partial charge in [-0.05, 0) is 12.1 Å². The lowest BCUT2D eigenvalue weighted by Gasteiger charge is -2.05. The summed E-state index contributed by atoms with van der Waals surface area (Å²) in [5, 5.41) is 15.1. The van der Waals surface area contributed by atoms with Gasteiger partial charge in [0.25, 0.3) is 5.91 Å². The van der Waals surface area contributed by atoms with E-state index in [1.807, 2.05) is 24.3 Å². The van der Waals surface area contributed by atoms with Gasteiger partial charge in [0.05, 0.1) is 12.6 Å². The molecule has 4 N–H and O–H groups in total. The number of carboxylic acids is 2. The number of ether oxygens (including phenoxy) is 1. The molecule has 0 saturated carbocycles. The average molecular weight is 430 g/mol. The molecule has 8 nitrogen and oxygen atoms in total. The number of nitrogens with two attached hydrogens (primary N) is 1. The fraction of sp³-hybridized carbons (Fsp3) is 0.200. The van der Waals surface area contributed by atoms with E-state index in [0.717, 1.165) is 10.9 Å². The molecule has 0 unspecified atom stereocenters. The largest absolute Gasteiger partial charge is 0.490 e. The van der Waals surface area contributed by atoms with E-state index < -0.39 is 30.2 Å². The zero-order valence-electron chi connectivity index (χ0n) is 14.2. The van der Waals surface area contributed by atoms with Gasteiger partial charge in [-0.1, -0.05) is 18.2 Å². The van der Waals surface area contributed by atoms with Gasteiger partial charge in [0.1, 0.15) is 5.56 Å². The van der Waals surface area contributed by atoms with E-state index in [2.05, 4.69) is 4.98 Å². The van der Waals surface area contributed by atoms with Crippen LogP contribution in [0, 0.1) is 0 Å². The number of rotatable bonds is 2. The van der Waals surface area contributed by atoms with Gasteiger partial charge >= 0.3 is 24.3 Å². The SMILES string of the molecule is COc1nc2ccccc2cc1C(N)=O.O=C(O)C(F)(F)F.O=C(O)C(F)(F)F. The molecule has 1 aromatic heterocycles. The summed E-state index contributed by atoms with van der Waals surface area (Å²) in [6.07, 6.45) is -10.2. The molecule has 0 radical (unpaired) electrons. The van der Waals surface area contributed by atoms with Crippen LogP contribution in [-0.4, -0.2) is 52.5 Å². The molecular weight excluding hydrogens is 418 g/mol. The van der Waals surface area contributed by atoms with Gasteiger partial charge in [-0.3, -0.25) is 4.79 Å². The third-order valence-electron chi connectivity index (χ3n) is 2.63. The second kappa shape index (κ2) is 10.1. The molecule has 1 aromatic carbocycles. The van der Waals surface area contributed by atoms with Crippen molar-refractivity contribution in [2.45, 2.75) is 12.4 Å². The van der Waals surface area contributed by atoms with Gasteiger partial charge in [0.15, 0.2) is 0 Å². The number of carboxylic acid groups (broad SMARTS) is 2. The summed E-state index contributed by atoms with van der Waals surface area (Å²) in [7, 11) is 1.46. The molecule has 1 amide bonds. The van der Waals surface area contributed by atoms with Crippen molar-refractivity contribution < 1.29 is 55.7 Å². The first-order valence-electron chi connectivity index (χ1n) is 6.95. The number of methoxy groups -OCH3 is 1. The van der Waals surface area contributed by atoms with Crippen LogP contribution < -0.4 is 10.5 Å². The number of pyridine rings is 1. The molecule has 0 aliphatic rings. The first kappa shape index (κ1) is 25.4. The van der Waals surface area contributed by atoms with Crippen molar-refractivity contribution in [3.63, 3.8) is 0 Å². The summed E-state index contributed by atoms with van der Waals surface area (Å²) in [5.74, 6) is -5.79. The second-order valence-electron chi connectivity index (χ2n) is 4.71. The molecule has 0 atom stereocenters. The number of carbonyl (C=O) groups excluding carboxylic acids is 1. The minimum absolute atomic E-state index is 0.265. The van der Waals surface area contributed by atoms with Crippen LogP contribution in [0.5, 0.6) is 5.88 Å². The number of aromatic nitrogens is 1. The van der Waals surface area contributed by atoms with Crippen LogP contribution in [0.4, 0.5) is 26.3 Å². The quantitative estimate of drug-likeness (QED) is 0.622. The van der Waals surface area contributed by atoms with Crippen molar-refractivity contribution >= 4 is 28.7 Å². The Hall–Kier alpha value is -3.58. The number of carbonyl (C=O) groups is 3. The van der Waals surface area contributed by atoms with Gasteiger partial charge in [0.2, 0.25) is 5.88 Å². The van der Waals surface area contributed by atoms with Crippen LogP contribution in [0.25, 0.3) is 10.9 Å². The molecule has 0 aliphatic carbocycles. The molecule has 0 aliphatic heterocycles. The van der Waals surface area contributed by atoms with E-state index in [9.17, 15) is 31.1 Å². The normalized spacial score (nSPS) is 10.7. The highest BCUT2D eigenvalue weighted by molar-refractivity contribution is 5.98. The van der Waals surface area contributed by atoms with E-state index in [1.54, 1.807) is 6.07 Å². The number of hydrogen-bond acceptors (Lipinski definition) is 5. The maximum absolute atomic E-state index is 11.1. The van der Waals surface area contributed by atoms with E-state index in [-0.39, 0.29) is 5.88 Å². The Kier molecular flexibility index (Phi) is 8.85. The highest BCUT2D eigenvalue weighted by atomic mass is 19.4. The number of primary amides is 1. The monoisotopic (exact) mass is 430 g/mol. The Morgan fingerprint density at radius 3 is 1.72 bits per heavy atom. The number of aliphatic carboxylic acids is 2. The van der Waals surface area contributed by atoms with Crippen LogP contribution >= 0.6 is 0 Å². The topological polar surface area (TPSA) is 140 Å². The third kappa shape index (κ3) is 8.77. The number of benzene rings is 1. The highest BCUT2D eigenvalue weighted by Gasteiger charge is 2.38. The summed E-state index contributed by atoms with van der Waals surface area (Å²) in [5.41, 5.74) is 6.30. The molecule has 160 valence electrons. The molecule has 0 fully saturated rings. The summed E-state index contributed by atoms with van der Waals surface area (Å²) in [4.78, 5) is 33.1. The number of amides is 1. The Bertz CT molecular complexity index is 858. The van der Waals surface area contributed by atoms with E-state index in [1.165, 1.54) is 7.11 Å². The van der Waals surface area contributed by atoms with Crippen molar-refractivity contribution in [1.82, 2.24) is 4.98 Å². The van der Waals surface area contributed by atoms with Gasteiger partial charge < -0.3 is 20.7 Å². The molecular formula is C15H12F6N2O6.